The van der Waals surface area contributed by atoms with Gasteiger partial charge in [-0.1, -0.05) is 6.07 Å². The van der Waals surface area contributed by atoms with Crippen molar-refractivity contribution in [1.82, 2.24) is 9.80 Å². The van der Waals surface area contributed by atoms with Crippen molar-refractivity contribution in [2.75, 3.05) is 62.7 Å². The Kier molecular flexibility index (Phi) is 8.62. The Bertz CT molecular complexity index is 1920. The van der Waals surface area contributed by atoms with Crippen LogP contribution in [0.2, 0.25) is 0 Å². The maximum atomic E-state index is 11.7. The molecule has 0 amide bonds. The quantitative estimate of drug-likeness (QED) is 0.207. The van der Waals surface area contributed by atoms with Gasteiger partial charge in [0.1, 0.15) is 5.75 Å². The highest BCUT2D eigenvalue weighted by molar-refractivity contribution is 5.90. The number of aromatic hydroxyl groups is 2. The second-order valence-electron chi connectivity index (χ2n) is 13.1. The molecular formula is C39H44N2O8. The molecular weight excluding hydrogens is 624 g/mol. The van der Waals surface area contributed by atoms with Gasteiger partial charge in [0.25, 0.3) is 0 Å². The van der Waals surface area contributed by atoms with E-state index in [9.17, 15) is 10.2 Å². The summed E-state index contributed by atoms with van der Waals surface area (Å²) in [7, 11) is 12.2. The van der Waals surface area contributed by atoms with E-state index in [1.54, 1.807) is 34.5 Å². The monoisotopic (exact) mass is 668 g/mol. The van der Waals surface area contributed by atoms with Gasteiger partial charge in [0.2, 0.25) is 0 Å². The first kappa shape index (κ1) is 32.7. The van der Waals surface area contributed by atoms with Crippen LogP contribution in [0.3, 0.4) is 0 Å². The van der Waals surface area contributed by atoms with Gasteiger partial charge in [0, 0.05) is 47.9 Å². The molecule has 0 radical (unpaired) electrons. The third-order valence-electron chi connectivity index (χ3n) is 10.5. The summed E-state index contributed by atoms with van der Waals surface area (Å²) in [5.74, 6) is 3.83. The fraction of sp³-hybridized carbons (Fsp3) is 0.385. The molecule has 2 N–H and O–H groups in total. The molecule has 7 rings (SSSR count). The van der Waals surface area contributed by atoms with Crippen LogP contribution in [-0.4, -0.2) is 82.7 Å². The van der Waals surface area contributed by atoms with E-state index in [-0.39, 0.29) is 23.6 Å². The van der Waals surface area contributed by atoms with Gasteiger partial charge in [-0.15, -0.1) is 0 Å². The first-order valence-electron chi connectivity index (χ1n) is 16.6. The van der Waals surface area contributed by atoms with Crippen LogP contribution in [0.4, 0.5) is 0 Å². The van der Waals surface area contributed by atoms with Gasteiger partial charge in [-0.2, -0.15) is 0 Å². The maximum absolute atomic E-state index is 11.7. The summed E-state index contributed by atoms with van der Waals surface area (Å²) in [5, 5.41) is 22.4. The van der Waals surface area contributed by atoms with Gasteiger partial charge in [-0.25, -0.2) is 0 Å². The molecule has 2 atom stereocenters. The third kappa shape index (κ3) is 5.43. The zero-order valence-corrected chi connectivity index (χ0v) is 29.2. The summed E-state index contributed by atoms with van der Waals surface area (Å²) in [4.78, 5) is 4.66. The molecule has 4 aromatic carbocycles. The van der Waals surface area contributed by atoms with E-state index in [0.717, 1.165) is 53.7 Å². The van der Waals surface area contributed by atoms with Gasteiger partial charge in [-0.05, 0) is 97.9 Å². The Morgan fingerprint density at radius 3 is 2.08 bits per heavy atom. The summed E-state index contributed by atoms with van der Waals surface area (Å²) in [6.07, 6.45) is 3.04. The molecule has 0 aromatic heterocycles. The van der Waals surface area contributed by atoms with Crippen molar-refractivity contribution in [3.8, 4) is 62.9 Å². The molecule has 10 heteroatoms. The first-order chi connectivity index (χ1) is 23.7. The van der Waals surface area contributed by atoms with Crippen LogP contribution in [0.5, 0.6) is 51.7 Å². The van der Waals surface area contributed by atoms with E-state index in [4.69, 9.17) is 28.4 Å². The van der Waals surface area contributed by atoms with Crippen LogP contribution in [0, 0.1) is 0 Å². The highest BCUT2D eigenvalue weighted by Gasteiger charge is 2.40. The van der Waals surface area contributed by atoms with Crippen LogP contribution >= 0.6 is 0 Å². The minimum Gasteiger partial charge on any atom is -0.504 e. The highest BCUT2D eigenvalue weighted by Crippen LogP contribution is 2.58. The summed E-state index contributed by atoms with van der Waals surface area (Å²) in [6.45, 7) is 1.77. The van der Waals surface area contributed by atoms with Crippen LogP contribution < -0.4 is 28.4 Å². The molecule has 49 heavy (non-hydrogen) atoms. The van der Waals surface area contributed by atoms with Crippen molar-refractivity contribution in [3.63, 3.8) is 0 Å². The summed E-state index contributed by atoms with van der Waals surface area (Å²) >= 11 is 0. The molecule has 1 aliphatic carbocycles. The maximum Gasteiger partial charge on any atom is 0.169 e. The van der Waals surface area contributed by atoms with Gasteiger partial charge < -0.3 is 38.6 Å². The number of hydrogen-bond donors (Lipinski definition) is 2. The molecule has 0 unspecified atom stereocenters. The largest absolute Gasteiger partial charge is 0.504 e. The molecule has 2 heterocycles. The van der Waals surface area contributed by atoms with Crippen LogP contribution in [0.15, 0.2) is 42.5 Å². The van der Waals surface area contributed by atoms with Crippen molar-refractivity contribution in [3.05, 3.63) is 75.8 Å². The smallest absolute Gasteiger partial charge is 0.169 e. The standard InChI is InChI=1S/C39H44N2O8/c1-40-12-10-22-16-31(45-4)28(42)19-24(22)26(40)14-21-8-9-29(44-3)32(15-21)49-30-20-33(46-5)38(43)36-25(30)18-27-35-23(11-13-41(27)2)17-34(47-6)39(48-7)37(35)36/h8-9,15-17,19-20,26-27,42-43H,10-14,18H2,1-7H3/t26-,27-/m0/s1. The minimum absolute atomic E-state index is 0.0323. The number of benzene rings is 4. The number of fused-ring (bicyclic) bond motifs is 3. The Labute approximate surface area is 287 Å². The number of rotatable bonds is 9. The normalized spacial score (nSPS) is 18.2. The molecule has 10 nitrogen and oxygen atoms in total. The summed E-state index contributed by atoms with van der Waals surface area (Å²) in [5.41, 5.74) is 7.89. The predicted molar refractivity (Wildman–Crippen MR) is 186 cm³/mol. The van der Waals surface area contributed by atoms with Gasteiger partial charge >= 0.3 is 0 Å². The van der Waals surface area contributed by atoms with Crippen LogP contribution in [0.25, 0.3) is 11.1 Å². The van der Waals surface area contributed by atoms with Crippen molar-refractivity contribution in [2.45, 2.75) is 37.8 Å². The predicted octanol–water partition coefficient (Wildman–Crippen LogP) is 6.46. The minimum atomic E-state index is 0.0323. The lowest BCUT2D eigenvalue weighted by atomic mass is 9.75. The van der Waals surface area contributed by atoms with E-state index in [1.807, 2.05) is 24.3 Å². The lowest BCUT2D eigenvalue weighted by molar-refractivity contribution is 0.225. The SMILES string of the molecule is COc1cc2c(cc1O)[C@H](Cc1ccc(OC)c(Oc3cc(OC)c(O)c4c3C[C@H]3c5c(cc(OC)c(OC)c5-4)CCN3C)c1)N(C)CC2. The highest BCUT2D eigenvalue weighted by atomic mass is 16.5. The van der Waals surface area contributed by atoms with Crippen molar-refractivity contribution < 1.29 is 38.6 Å². The number of methoxy groups -OCH3 is 5. The third-order valence-corrected chi connectivity index (χ3v) is 10.5. The Hall–Kier alpha value is -4.80. The molecule has 0 bridgehead atoms. The van der Waals surface area contributed by atoms with Crippen LogP contribution in [0.1, 0.15) is 45.5 Å². The first-order valence-corrected chi connectivity index (χ1v) is 16.6. The van der Waals surface area contributed by atoms with Crippen LogP contribution in [-0.2, 0) is 25.7 Å². The Morgan fingerprint density at radius 1 is 0.673 bits per heavy atom. The number of likely N-dealkylation sites (N-methyl/N-ethyl adjacent to an activating group) is 2. The lowest BCUT2D eigenvalue weighted by Gasteiger charge is -2.41. The number of ether oxygens (including phenoxy) is 6. The Balaban J connectivity index is 1.33. The average Bonchev–Trinajstić information content (AvgIpc) is 3.11. The van der Waals surface area contributed by atoms with E-state index >= 15 is 0 Å². The topological polar surface area (TPSA) is 102 Å². The van der Waals surface area contributed by atoms with E-state index in [0.29, 0.717) is 58.7 Å². The second kappa shape index (κ2) is 12.9. The lowest BCUT2D eigenvalue weighted by Crippen LogP contribution is -2.35. The molecule has 0 saturated carbocycles. The molecule has 0 spiro atoms. The molecule has 0 saturated heterocycles. The zero-order valence-electron chi connectivity index (χ0n) is 29.2. The van der Waals surface area contributed by atoms with Gasteiger partial charge in [0.05, 0.1) is 35.5 Å². The van der Waals surface area contributed by atoms with Gasteiger partial charge in [0.15, 0.2) is 46.0 Å². The zero-order chi connectivity index (χ0) is 34.6. The molecule has 258 valence electrons. The van der Waals surface area contributed by atoms with E-state index < -0.39 is 0 Å². The van der Waals surface area contributed by atoms with Crippen molar-refractivity contribution >= 4 is 0 Å². The number of nitrogens with zero attached hydrogens (tertiary/aromatic N) is 2. The van der Waals surface area contributed by atoms with E-state index in [1.165, 1.54) is 18.2 Å². The summed E-state index contributed by atoms with van der Waals surface area (Å²) < 4.78 is 35.5. The van der Waals surface area contributed by atoms with Crippen molar-refractivity contribution in [2.24, 2.45) is 0 Å². The Morgan fingerprint density at radius 2 is 1.37 bits per heavy atom. The molecule has 4 aromatic rings. The van der Waals surface area contributed by atoms with E-state index in [2.05, 4.69) is 36.0 Å². The number of hydrogen-bond acceptors (Lipinski definition) is 10. The fourth-order valence-electron chi connectivity index (χ4n) is 7.95. The average molecular weight is 669 g/mol. The summed E-state index contributed by atoms with van der Waals surface area (Å²) in [6, 6.07) is 13.7. The molecule has 2 aliphatic heterocycles. The second-order valence-corrected chi connectivity index (χ2v) is 13.1. The van der Waals surface area contributed by atoms with Crippen molar-refractivity contribution in [1.29, 1.82) is 0 Å². The molecule has 0 fully saturated rings. The number of phenols is 2. The number of phenolic OH excluding ortho intramolecular Hbond substituents is 2. The molecule has 3 aliphatic rings. The van der Waals surface area contributed by atoms with Gasteiger partial charge in [-0.3, -0.25) is 9.80 Å². The fourth-order valence-corrected chi connectivity index (χ4v) is 7.95.